The lowest BCUT2D eigenvalue weighted by Crippen LogP contribution is -2.23. The van der Waals surface area contributed by atoms with Gasteiger partial charge in [0.2, 0.25) is 0 Å². The van der Waals surface area contributed by atoms with Crippen LogP contribution in [-0.2, 0) is 13.0 Å². The zero-order valence-corrected chi connectivity index (χ0v) is 21.2. The van der Waals surface area contributed by atoms with Gasteiger partial charge in [0.05, 0.1) is 18.0 Å². The zero-order chi connectivity index (χ0) is 25.5. The van der Waals surface area contributed by atoms with E-state index in [1.807, 2.05) is 48.7 Å². The van der Waals surface area contributed by atoms with E-state index in [1.54, 1.807) is 35.7 Å². The van der Waals surface area contributed by atoms with E-state index >= 15 is 0 Å². The predicted octanol–water partition coefficient (Wildman–Crippen LogP) is 5.93. The van der Waals surface area contributed by atoms with Gasteiger partial charge in [-0.1, -0.05) is 48.5 Å². The third-order valence-electron chi connectivity index (χ3n) is 5.73. The standard InChI is InChI=1S/C30H25N4O2S/c1-21-26(34-30(37-21)24-13-14-27(32-20-24)23-9-3-2-4-10-23)15-17-36-25-11-7-8-22(18-25)19-33-29(35)28-12-5-6-16-31-28/h2-14,16,20H,15,17,19H2,1H3,(H,33,35). The summed E-state index contributed by atoms with van der Waals surface area (Å²) >= 11 is 1.67. The Kier molecular flexibility index (Phi) is 7.62. The van der Waals surface area contributed by atoms with Crippen LogP contribution < -0.4 is 10.1 Å². The molecule has 37 heavy (non-hydrogen) atoms. The number of aromatic nitrogens is 3. The summed E-state index contributed by atoms with van der Waals surface area (Å²) in [5.74, 6) is 0.415. The number of carbonyl (C=O) groups excluding carboxylic acids is 1. The first-order valence-electron chi connectivity index (χ1n) is 12.0. The van der Waals surface area contributed by atoms with Gasteiger partial charge in [0, 0.05) is 47.4 Å². The Morgan fingerprint density at radius 3 is 2.59 bits per heavy atom. The Bertz CT molecular complexity index is 1470. The first-order chi connectivity index (χ1) is 18.2. The normalized spacial score (nSPS) is 10.7. The van der Waals surface area contributed by atoms with Gasteiger partial charge in [-0.3, -0.25) is 14.8 Å². The monoisotopic (exact) mass is 505 g/mol. The molecule has 183 valence electrons. The molecular weight excluding hydrogens is 480 g/mol. The van der Waals surface area contributed by atoms with Gasteiger partial charge in [0.1, 0.15) is 16.5 Å². The van der Waals surface area contributed by atoms with Crippen molar-refractivity contribution >= 4 is 17.2 Å². The Hall–Kier alpha value is -4.36. The third kappa shape index (κ3) is 6.26. The molecule has 0 atom stereocenters. The lowest BCUT2D eigenvalue weighted by molar-refractivity contribution is 0.0946. The fraction of sp³-hybridized carbons (Fsp3) is 0.133. The van der Waals surface area contributed by atoms with E-state index in [0.717, 1.165) is 33.1 Å². The van der Waals surface area contributed by atoms with E-state index < -0.39 is 0 Å². The number of amides is 1. The predicted molar refractivity (Wildman–Crippen MR) is 145 cm³/mol. The molecule has 0 saturated carbocycles. The van der Waals surface area contributed by atoms with Crippen LogP contribution >= 0.6 is 11.3 Å². The molecule has 7 heteroatoms. The lowest BCUT2D eigenvalue weighted by atomic mass is 10.1. The number of ether oxygens (including phenoxy) is 1. The van der Waals surface area contributed by atoms with Crippen LogP contribution in [0.5, 0.6) is 5.75 Å². The van der Waals surface area contributed by atoms with Gasteiger partial charge in [-0.2, -0.15) is 0 Å². The minimum atomic E-state index is -0.222. The Morgan fingerprint density at radius 2 is 1.81 bits per heavy atom. The molecule has 0 aliphatic rings. The molecule has 2 aromatic carbocycles. The summed E-state index contributed by atoms with van der Waals surface area (Å²) in [5.41, 5.74) is 5.29. The van der Waals surface area contributed by atoms with Gasteiger partial charge in [0.25, 0.3) is 5.91 Å². The lowest BCUT2D eigenvalue weighted by Gasteiger charge is -2.08. The molecule has 0 fully saturated rings. The van der Waals surface area contributed by atoms with Crippen LogP contribution in [0.25, 0.3) is 21.8 Å². The Balaban J connectivity index is 1.16. The van der Waals surface area contributed by atoms with E-state index in [0.29, 0.717) is 31.0 Å². The van der Waals surface area contributed by atoms with E-state index in [4.69, 9.17) is 9.72 Å². The molecule has 3 heterocycles. The third-order valence-corrected chi connectivity index (χ3v) is 6.80. The Morgan fingerprint density at radius 1 is 0.946 bits per heavy atom. The maximum Gasteiger partial charge on any atom is 0.270 e. The second kappa shape index (κ2) is 11.6. The summed E-state index contributed by atoms with van der Waals surface area (Å²) in [5, 5.41) is 3.82. The SMILES string of the molecule is Cc1sc(-c2ccc(-c3ccccc3)nc2)nc1CCOc1[c]c(CNC(=O)c2ccccn2)ccc1. The number of aryl methyl sites for hydroxylation is 1. The fourth-order valence-corrected chi connectivity index (χ4v) is 4.73. The van der Waals surface area contributed by atoms with Crippen LogP contribution in [0.15, 0.2) is 91.3 Å². The van der Waals surface area contributed by atoms with Crippen LogP contribution in [0.3, 0.4) is 0 Å². The zero-order valence-electron chi connectivity index (χ0n) is 20.3. The molecule has 5 aromatic rings. The van der Waals surface area contributed by atoms with E-state index in [9.17, 15) is 4.79 Å². The second-order valence-corrected chi connectivity index (χ2v) is 9.56. The molecular formula is C30H25N4O2S. The fourth-order valence-electron chi connectivity index (χ4n) is 3.78. The summed E-state index contributed by atoms with van der Waals surface area (Å²) in [4.78, 5) is 26.9. The molecule has 5 rings (SSSR count). The molecule has 0 aliphatic heterocycles. The summed E-state index contributed by atoms with van der Waals surface area (Å²) in [6, 6.07) is 28.4. The number of hydrogen-bond acceptors (Lipinski definition) is 6. The van der Waals surface area contributed by atoms with Crippen molar-refractivity contribution in [1.82, 2.24) is 20.3 Å². The minimum Gasteiger partial charge on any atom is -0.493 e. The van der Waals surface area contributed by atoms with Gasteiger partial charge >= 0.3 is 0 Å². The molecule has 1 N–H and O–H groups in total. The largest absolute Gasteiger partial charge is 0.493 e. The second-order valence-electron chi connectivity index (χ2n) is 8.36. The maximum atomic E-state index is 12.2. The van der Waals surface area contributed by atoms with Crippen LogP contribution in [0.1, 0.15) is 26.6 Å². The number of pyridine rings is 2. The van der Waals surface area contributed by atoms with Gasteiger partial charge in [-0.05, 0) is 42.8 Å². The molecule has 0 unspecified atom stereocenters. The highest BCUT2D eigenvalue weighted by Crippen LogP contribution is 2.29. The van der Waals surface area contributed by atoms with Crippen LogP contribution in [-0.4, -0.2) is 27.5 Å². The molecule has 1 radical (unpaired) electrons. The highest BCUT2D eigenvalue weighted by atomic mass is 32.1. The van der Waals surface area contributed by atoms with Crippen LogP contribution in [0, 0.1) is 13.0 Å². The molecule has 3 aromatic heterocycles. The van der Waals surface area contributed by atoms with Crippen LogP contribution in [0.2, 0.25) is 0 Å². The number of nitrogens with zero attached hydrogens (tertiary/aromatic N) is 3. The van der Waals surface area contributed by atoms with Gasteiger partial charge in [-0.15, -0.1) is 11.3 Å². The van der Waals surface area contributed by atoms with Crippen molar-refractivity contribution in [2.75, 3.05) is 6.61 Å². The van der Waals surface area contributed by atoms with E-state index in [2.05, 4.69) is 46.5 Å². The summed E-state index contributed by atoms with van der Waals surface area (Å²) in [6.07, 6.45) is 4.17. The van der Waals surface area contributed by atoms with Gasteiger partial charge < -0.3 is 10.1 Å². The number of hydrogen-bond donors (Lipinski definition) is 1. The number of rotatable bonds is 9. The van der Waals surface area contributed by atoms with Crippen molar-refractivity contribution in [1.29, 1.82) is 0 Å². The van der Waals surface area contributed by atoms with Crippen molar-refractivity contribution in [2.24, 2.45) is 0 Å². The Labute approximate surface area is 220 Å². The van der Waals surface area contributed by atoms with Crippen molar-refractivity contribution < 1.29 is 9.53 Å². The number of carbonyl (C=O) groups is 1. The topological polar surface area (TPSA) is 77.0 Å². The molecule has 6 nitrogen and oxygen atoms in total. The molecule has 0 saturated heterocycles. The molecule has 1 amide bonds. The maximum absolute atomic E-state index is 12.2. The number of nitrogens with one attached hydrogen (secondary N) is 1. The van der Waals surface area contributed by atoms with Crippen molar-refractivity contribution in [3.05, 3.63) is 119 Å². The summed E-state index contributed by atoms with van der Waals surface area (Å²) in [7, 11) is 0. The average molecular weight is 506 g/mol. The van der Waals surface area contributed by atoms with Crippen molar-refractivity contribution in [3.63, 3.8) is 0 Å². The first-order valence-corrected chi connectivity index (χ1v) is 12.8. The van der Waals surface area contributed by atoms with Crippen molar-refractivity contribution in [3.8, 4) is 27.6 Å². The van der Waals surface area contributed by atoms with E-state index in [-0.39, 0.29) is 5.91 Å². The molecule has 0 bridgehead atoms. The minimum absolute atomic E-state index is 0.222. The molecule has 0 aliphatic carbocycles. The van der Waals surface area contributed by atoms with Crippen LogP contribution in [0.4, 0.5) is 0 Å². The average Bonchev–Trinajstić information content (AvgIpc) is 3.33. The van der Waals surface area contributed by atoms with Gasteiger partial charge in [0.15, 0.2) is 0 Å². The molecule has 0 spiro atoms. The highest BCUT2D eigenvalue weighted by Gasteiger charge is 2.11. The summed E-state index contributed by atoms with van der Waals surface area (Å²) in [6.45, 7) is 2.91. The number of thiazole rings is 1. The van der Waals surface area contributed by atoms with E-state index in [1.165, 1.54) is 4.88 Å². The first kappa shape index (κ1) is 24.3. The van der Waals surface area contributed by atoms with Gasteiger partial charge in [-0.25, -0.2) is 4.98 Å². The number of benzene rings is 2. The highest BCUT2D eigenvalue weighted by molar-refractivity contribution is 7.15. The van der Waals surface area contributed by atoms with Crippen molar-refractivity contribution in [2.45, 2.75) is 19.9 Å². The summed E-state index contributed by atoms with van der Waals surface area (Å²) < 4.78 is 5.95. The quantitative estimate of drug-likeness (QED) is 0.269. The smallest absolute Gasteiger partial charge is 0.270 e.